The molecule has 1 fully saturated rings. The van der Waals surface area contributed by atoms with Crippen molar-refractivity contribution in [2.45, 2.75) is 45.8 Å². The monoisotopic (exact) mass is 281 g/mol. The SMILES string of the molecule is CC(=O)OC[C@H]1C2C=CC(C2)[C@H]1NC(=O)OC(C)(C)C. The van der Waals surface area contributed by atoms with Gasteiger partial charge >= 0.3 is 12.1 Å². The van der Waals surface area contributed by atoms with E-state index in [1.807, 2.05) is 20.8 Å². The summed E-state index contributed by atoms with van der Waals surface area (Å²) in [6.45, 7) is 7.26. The van der Waals surface area contributed by atoms with Gasteiger partial charge in [-0.05, 0) is 39.0 Å². The molecule has 2 rings (SSSR count). The molecule has 0 aromatic heterocycles. The van der Waals surface area contributed by atoms with Crippen molar-refractivity contribution in [1.82, 2.24) is 5.32 Å². The Balaban J connectivity index is 1.96. The fraction of sp³-hybridized carbons (Fsp3) is 0.733. The predicted octanol–water partition coefficient (Wildman–Crippen LogP) is 2.26. The second-order valence-electron chi connectivity index (χ2n) is 6.59. The Morgan fingerprint density at radius 2 is 1.90 bits per heavy atom. The molecule has 2 aliphatic rings. The van der Waals surface area contributed by atoms with Crippen molar-refractivity contribution in [2.75, 3.05) is 6.61 Å². The molecule has 4 atom stereocenters. The summed E-state index contributed by atoms with van der Waals surface area (Å²) < 4.78 is 10.4. The predicted molar refractivity (Wildman–Crippen MR) is 74.0 cm³/mol. The molecular weight excluding hydrogens is 258 g/mol. The van der Waals surface area contributed by atoms with Crippen molar-refractivity contribution in [1.29, 1.82) is 0 Å². The average Bonchev–Trinajstić information content (AvgIpc) is 2.84. The molecule has 1 N–H and O–H groups in total. The number of ether oxygens (including phenoxy) is 2. The highest BCUT2D eigenvalue weighted by atomic mass is 16.6. The lowest BCUT2D eigenvalue weighted by Gasteiger charge is -2.29. The maximum atomic E-state index is 11.9. The van der Waals surface area contributed by atoms with E-state index in [9.17, 15) is 9.59 Å². The Kier molecular flexibility index (Phi) is 4.06. The number of nitrogens with one attached hydrogen (secondary N) is 1. The van der Waals surface area contributed by atoms with Crippen molar-refractivity contribution in [3.05, 3.63) is 12.2 Å². The van der Waals surface area contributed by atoms with Crippen LogP contribution in [0.3, 0.4) is 0 Å². The number of rotatable bonds is 3. The van der Waals surface area contributed by atoms with Crippen LogP contribution >= 0.6 is 0 Å². The summed E-state index contributed by atoms with van der Waals surface area (Å²) in [6, 6.07) is -0.0146. The number of fused-ring (bicyclic) bond motifs is 2. The number of esters is 1. The fourth-order valence-corrected chi connectivity index (χ4v) is 3.02. The molecule has 0 aromatic rings. The summed E-state index contributed by atoms with van der Waals surface area (Å²) in [7, 11) is 0. The highest BCUT2D eigenvalue weighted by molar-refractivity contribution is 5.68. The largest absolute Gasteiger partial charge is 0.465 e. The van der Waals surface area contributed by atoms with E-state index in [0.29, 0.717) is 18.4 Å². The number of amides is 1. The van der Waals surface area contributed by atoms with Crippen LogP contribution in [0.4, 0.5) is 4.79 Å². The average molecular weight is 281 g/mol. The van der Waals surface area contributed by atoms with E-state index in [1.54, 1.807) is 0 Å². The molecule has 0 aromatic carbocycles. The Morgan fingerprint density at radius 3 is 2.50 bits per heavy atom. The zero-order valence-corrected chi connectivity index (χ0v) is 12.5. The molecule has 1 saturated carbocycles. The Labute approximate surface area is 119 Å². The normalized spacial score (nSPS) is 31.2. The van der Waals surface area contributed by atoms with E-state index in [0.717, 1.165) is 6.42 Å². The summed E-state index contributed by atoms with van der Waals surface area (Å²) in [5.74, 6) is 0.543. The van der Waals surface area contributed by atoms with Gasteiger partial charge in [0.2, 0.25) is 0 Å². The molecular formula is C15H23NO4. The smallest absolute Gasteiger partial charge is 0.407 e. The van der Waals surface area contributed by atoms with Gasteiger partial charge in [0.25, 0.3) is 0 Å². The molecule has 2 unspecified atom stereocenters. The van der Waals surface area contributed by atoms with Gasteiger partial charge in [-0.25, -0.2) is 4.79 Å². The maximum Gasteiger partial charge on any atom is 0.407 e. The molecule has 20 heavy (non-hydrogen) atoms. The molecule has 0 spiro atoms. The van der Waals surface area contributed by atoms with Crippen LogP contribution in [0.5, 0.6) is 0 Å². The summed E-state index contributed by atoms with van der Waals surface area (Å²) in [4.78, 5) is 22.9. The molecule has 0 radical (unpaired) electrons. The Hall–Kier alpha value is -1.52. The van der Waals surface area contributed by atoms with Gasteiger partial charge in [-0.2, -0.15) is 0 Å². The first-order chi connectivity index (χ1) is 9.26. The van der Waals surface area contributed by atoms with Crippen molar-refractivity contribution < 1.29 is 19.1 Å². The van der Waals surface area contributed by atoms with Gasteiger partial charge in [0.15, 0.2) is 0 Å². The lowest BCUT2D eigenvalue weighted by Crippen LogP contribution is -2.46. The molecule has 5 heteroatoms. The van der Waals surface area contributed by atoms with Crippen LogP contribution in [0.2, 0.25) is 0 Å². The minimum Gasteiger partial charge on any atom is -0.465 e. The van der Waals surface area contributed by atoms with E-state index in [1.165, 1.54) is 6.92 Å². The van der Waals surface area contributed by atoms with Crippen LogP contribution in [0.25, 0.3) is 0 Å². The van der Waals surface area contributed by atoms with Gasteiger partial charge in [-0.3, -0.25) is 4.79 Å². The summed E-state index contributed by atoms with van der Waals surface area (Å²) in [5, 5.41) is 2.94. The van der Waals surface area contributed by atoms with E-state index in [4.69, 9.17) is 9.47 Å². The van der Waals surface area contributed by atoms with Crippen LogP contribution in [-0.2, 0) is 14.3 Å². The Bertz CT molecular complexity index is 424. The molecule has 0 saturated heterocycles. The molecule has 2 bridgehead atoms. The standard InChI is InChI=1S/C15H23NO4/c1-9(17)19-8-12-10-5-6-11(7-10)13(12)16-14(18)20-15(2,3)4/h5-6,10-13H,7-8H2,1-4H3,(H,16,18)/t10?,11?,12-,13+/m0/s1. The third kappa shape index (κ3) is 3.52. The second-order valence-corrected chi connectivity index (χ2v) is 6.59. The summed E-state index contributed by atoms with van der Waals surface area (Å²) in [6.07, 6.45) is 4.89. The number of allylic oxidation sites excluding steroid dienone is 1. The third-order valence-electron chi connectivity index (χ3n) is 3.78. The molecule has 1 amide bonds. The molecule has 5 nitrogen and oxygen atoms in total. The lowest BCUT2D eigenvalue weighted by molar-refractivity contribution is -0.142. The highest BCUT2D eigenvalue weighted by Gasteiger charge is 2.46. The fourth-order valence-electron chi connectivity index (χ4n) is 3.02. The van der Waals surface area contributed by atoms with Crippen molar-refractivity contribution in [3.63, 3.8) is 0 Å². The van der Waals surface area contributed by atoms with Gasteiger partial charge in [0.1, 0.15) is 5.60 Å². The number of hydrogen-bond acceptors (Lipinski definition) is 4. The minimum atomic E-state index is -0.511. The van der Waals surface area contributed by atoms with Crippen molar-refractivity contribution in [2.24, 2.45) is 17.8 Å². The zero-order chi connectivity index (χ0) is 14.9. The molecule has 112 valence electrons. The van der Waals surface area contributed by atoms with Crippen LogP contribution in [0.1, 0.15) is 34.1 Å². The number of hydrogen-bond donors (Lipinski definition) is 1. The van der Waals surface area contributed by atoms with Gasteiger partial charge in [0, 0.05) is 18.9 Å². The number of alkyl carbamates (subject to hydrolysis) is 1. The van der Waals surface area contributed by atoms with Gasteiger partial charge in [0.05, 0.1) is 6.61 Å². The van der Waals surface area contributed by atoms with Crippen LogP contribution in [0.15, 0.2) is 12.2 Å². The molecule has 0 aliphatic heterocycles. The van der Waals surface area contributed by atoms with Crippen LogP contribution < -0.4 is 5.32 Å². The minimum absolute atomic E-state index is 0.0146. The quantitative estimate of drug-likeness (QED) is 0.636. The van der Waals surface area contributed by atoms with Crippen molar-refractivity contribution in [3.8, 4) is 0 Å². The lowest BCUT2D eigenvalue weighted by atomic mass is 9.89. The number of carbonyl (C=O) groups is 2. The first-order valence-electron chi connectivity index (χ1n) is 7.07. The first kappa shape index (κ1) is 14.9. The third-order valence-corrected chi connectivity index (χ3v) is 3.78. The van der Waals surface area contributed by atoms with Gasteiger partial charge < -0.3 is 14.8 Å². The van der Waals surface area contributed by atoms with Gasteiger partial charge in [-0.1, -0.05) is 12.2 Å². The van der Waals surface area contributed by atoms with E-state index >= 15 is 0 Å². The van der Waals surface area contributed by atoms with Crippen LogP contribution in [0, 0.1) is 17.8 Å². The summed E-state index contributed by atoms with van der Waals surface area (Å²) in [5.41, 5.74) is -0.511. The molecule has 0 heterocycles. The molecule has 2 aliphatic carbocycles. The van der Waals surface area contributed by atoms with Crippen molar-refractivity contribution >= 4 is 12.1 Å². The second kappa shape index (κ2) is 5.46. The number of carbonyl (C=O) groups excluding carboxylic acids is 2. The van der Waals surface area contributed by atoms with Gasteiger partial charge in [-0.15, -0.1) is 0 Å². The van der Waals surface area contributed by atoms with E-state index < -0.39 is 11.7 Å². The van der Waals surface area contributed by atoms with E-state index in [-0.39, 0.29) is 17.9 Å². The maximum absolute atomic E-state index is 11.9. The first-order valence-corrected chi connectivity index (χ1v) is 7.07. The van der Waals surface area contributed by atoms with E-state index in [2.05, 4.69) is 17.5 Å². The Morgan fingerprint density at radius 1 is 1.25 bits per heavy atom. The summed E-state index contributed by atoms with van der Waals surface area (Å²) >= 11 is 0. The highest BCUT2D eigenvalue weighted by Crippen LogP contribution is 2.43. The zero-order valence-electron chi connectivity index (χ0n) is 12.5. The van der Waals surface area contributed by atoms with Crippen LogP contribution in [-0.4, -0.2) is 30.3 Å². The topological polar surface area (TPSA) is 64.6 Å².